The molecule has 0 bridgehead atoms. The molecule has 0 aliphatic carbocycles. The molecule has 1 heterocycles. The lowest BCUT2D eigenvalue weighted by atomic mass is 10.0. The Morgan fingerprint density at radius 1 is 1.42 bits per heavy atom. The molecule has 3 unspecified atom stereocenters. The number of likely N-dealkylation sites (tertiary alicyclic amines) is 1. The van der Waals surface area contributed by atoms with Crippen molar-refractivity contribution in [2.45, 2.75) is 32.4 Å². The van der Waals surface area contributed by atoms with Gasteiger partial charge in [0.05, 0.1) is 13.0 Å². The number of hydrogen-bond donors (Lipinski definition) is 1. The highest BCUT2D eigenvalue weighted by Gasteiger charge is 2.37. The van der Waals surface area contributed by atoms with E-state index in [0.29, 0.717) is 0 Å². The molecule has 0 amide bonds. The minimum atomic E-state index is -0.683. The van der Waals surface area contributed by atoms with E-state index in [1.165, 1.54) is 5.56 Å². The third-order valence-corrected chi connectivity index (χ3v) is 4.22. The van der Waals surface area contributed by atoms with Crippen molar-refractivity contribution in [2.75, 3.05) is 13.7 Å². The Labute approximate surface area is 114 Å². The van der Waals surface area contributed by atoms with Gasteiger partial charge in [-0.05, 0) is 44.5 Å². The minimum absolute atomic E-state index is 0.0783. The number of methoxy groups -OCH3 is 1. The SMILES string of the molecule is COc1ccc(C(C)N2CCC(C(=O)O)C2C)cc1. The maximum Gasteiger partial charge on any atom is 0.308 e. The Balaban J connectivity index is 2.11. The summed E-state index contributed by atoms with van der Waals surface area (Å²) in [5, 5.41) is 9.18. The lowest BCUT2D eigenvalue weighted by Gasteiger charge is -2.30. The van der Waals surface area contributed by atoms with Gasteiger partial charge >= 0.3 is 5.97 Å². The van der Waals surface area contributed by atoms with Gasteiger partial charge in [-0.25, -0.2) is 0 Å². The third-order valence-electron chi connectivity index (χ3n) is 4.22. The molecule has 4 heteroatoms. The fourth-order valence-electron chi connectivity index (χ4n) is 2.91. The molecule has 1 aliphatic heterocycles. The molecule has 0 spiro atoms. The molecule has 1 N–H and O–H groups in total. The molecule has 0 radical (unpaired) electrons. The number of nitrogens with zero attached hydrogens (tertiary/aromatic N) is 1. The summed E-state index contributed by atoms with van der Waals surface area (Å²) >= 11 is 0. The molecule has 0 aromatic heterocycles. The average Bonchev–Trinajstić information content (AvgIpc) is 2.80. The van der Waals surface area contributed by atoms with Crippen LogP contribution in [0.3, 0.4) is 0 Å². The summed E-state index contributed by atoms with van der Waals surface area (Å²) in [6.45, 7) is 4.97. The molecule has 4 nitrogen and oxygen atoms in total. The topological polar surface area (TPSA) is 49.8 Å². The predicted octanol–water partition coefficient (Wildman–Crippen LogP) is 2.55. The smallest absolute Gasteiger partial charge is 0.308 e. The number of aliphatic carboxylic acids is 1. The number of carbonyl (C=O) groups is 1. The van der Waals surface area contributed by atoms with Gasteiger partial charge in [-0.3, -0.25) is 9.69 Å². The first-order chi connectivity index (χ1) is 9.04. The first-order valence-corrected chi connectivity index (χ1v) is 6.67. The van der Waals surface area contributed by atoms with Crippen LogP contribution in [0, 0.1) is 5.92 Å². The van der Waals surface area contributed by atoms with Crippen molar-refractivity contribution >= 4 is 5.97 Å². The molecule has 104 valence electrons. The van der Waals surface area contributed by atoms with E-state index < -0.39 is 5.97 Å². The molecule has 1 fully saturated rings. The van der Waals surface area contributed by atoms with E-state index >= 15 is 0 Å². The van der Waals surface area contributed by atoms with Gasteiger partial charge in [0.2, 0.25) is 0 Å². The van der Waals surface area contributed by atoms with Gasteiger partial charge < -0.3 is 9.84 Å². The zero-order valence-electron chi connectivity index (χ0n) is 11.7. The molecule has 2 rings (SSSR count). The van der Waals surface area contributed by atoms with E-state index in [-0.39, 0.29) is 18.0 Å². The summed E-state index contributed by atoms with van der Waals surface area (Å²) in [4.78, 5) is 13.4. The van der Waals surface area contributed by atoms with Crippen LogP contribution in [0.4, 0.5) is 0 Å². The molecule has 19 heavy (non-hydrogen) atoms. The number of ether oxygens (including phenoxy) is 1. The summed E-state index contributed by atoms with van der Waals surface area (Å²) in [5.74, 6) is -0.0912. The van der Waals surface area contributed by atoms with E-state index in [2.05, 4.69) is 11.8 Å². The van der Waals surface area contributed by atoms with Gasteiger partial charge in [0.15, 0.2) is 0 Å². The summed E-state index contributed by atoms with van der Waals surface area (Å²) in [5.41, 5.74) is 1.19. The summed E-state index contributed by atoms with van der Waals surface area (Å²) in [7, 11) is 1.65. The zero-order chi connectivity index (χ0) is 14.0. The molecule has 1 aromatic carbocycles. The molecule has 1 aliphatic rings. The molecule has 0 saturated carbocycles. The number of benzene rings is 1. The first-order valence-electron chi connectivity index (χ1n) is 6.67. The second-order valence-corrected chi connectivity index (χ2v) is 5.16. The molecule has 1 aromatic rings. The van der Waals surface area contributed by atoms with Crippen LogP contribution in [0.5, 0.6) is 5.75 Å². The van der Waals surface area contributed by atoms with E-state index in [1.807, 2.05) is 31.2 Å². The number of rotatable bonds is 4. The van der Waals surface area contributed by atoms with E-state index in [9.17, 15) is 9.90 Å². The van der Waals surface area contributed by atoms with Crippen LogP contribution in [0.2, 0.25) is 0 Å². The maximum atomic E-state index is 11.2. The molecular weight excluding hydrogens is 242 g/mol. The van der Waals surface area contributed by atoms with E-state index in [0.717, 1.165) is 18.7 Å². The number of carboxylic acids is 1. The zero-order valence-corrected chi connectivity index (χ0v) is 11.7. The van der Waals surface area contributed by atoms with Crippen LogP contribution >= 0.6 is 0 Å². The highest BCUT2D eigenvalue weighted by molar-refractivity contribution is 5.71. The van der Waals surface area contributed by atoms with Crippen molar-refractivity contribution in [1.29, 1.82) is 0 Å². The van der Waals surface area contributed by atoms with Gasteiger partial charge in [0.25, 0.3) is 0 Å². The lowest BCUT2D eigenvalue weighted by molar-refractivity contribution is -0.142. The van der Waals surface area contributed by atoms with Crippen LogP contribution < -0.4 is 4.74 Å². The Bertz CT molecular complexity index is 443. The molecule has 1 saturated heterocycles. The van der Waals surface area contributed by atoms with E-state index in [4.69, 9.17) is 4.74 Å². The van der Waals surface area contributed by atoms with Crippen molar-refractivity contribution < 1.29 is 14.6 Å². The quantitative estimate of drug-likeness (QED) is 0.907. The molecular formula is C15H21NO3. The number of hydrogen-bond acceptors (Lipinski definition) is 3. The number of carboxylic acid groups (broad SMARTS) is 1. The van der Waals surface area contributed by atoms with Crippen LogP contribution in [0.1, 0.15) is 31.9 Å². The third kappa shape index (κ3) is 2.73. The second kappa shape index (κ2) is 5.61. The normalized spacial score (nSPS) is 25.2. The van der Waals surface area contributed by atoms with Crippen LogP contribution in [-0.4, -0.2) is 35.7 Å². The fourth-order valence-corrected chi connectivity index (χ4v) is 2.91. The lowest BCUT2D eigenvalue weighted by Crippen LogP contribution is -2.34. The maximum absolute atomic E-state index is 11.2. The Kier molecular flexibility index (Phi) is 4.10. The molecule has 3 atom stereocenters. The van der Waals surface area contributed by atoms with Crippen LogP contribution in [0.15, 0.2) is 24.3 Å². The Hall–Kier alpha value is -1.55. The second-order valence-electron chi connectivity index (χ2n) is 5.16. The summed E-state index contributed by atoms with van der Waals surface area (Å²) in [6.07, 6.45) is 0.733. The van der Waals surface area contributed by atoms with Gasteiger partial charge in [-0.15, -0.1) is 0 Å². The standard InChI is InChI=1S/C15H21NO3/c1-10(12-4-6-13(19-3)7-5-12)16-9-8-14(11(16)2)15(17)18/h4-7,10-11,14H,8-9H2,1-3H3,(H,17,18). The average molecular weight is 263 g/mol. The van der Waals surface area contributed by atoms with Gasteiger partial charge in [-0.2, -0.15) is 0 Å². The highest BCUT2D eigenvalue weighted by Crippen LogP contribution is 2.33. The summed E-state index contributed by atoms with van der Waals surface area (Å²) < 4.78 is 5.15. The van der Waals surface area contributed by atoms with Crippen molar-refractivity contribution in [3.05, 3.63) is 29.8 Å². The van der Waals surface area contributed by atoms with Gasteiger partial charge in [-0.1, -0.05) is 12.1 Å². The monoisotopic (exact) mass is 263 g/mol. The van der Waals surface area contributed by atoms with Gasteiger partial charge in [0, 0.05) is 12.1 Å². The van der Waals surface area contributed by atoms with Crippen molar-refractivity contribution in [3.63, 3.8) is 0 Å². The van der Waals surface area contributed by atoms with Crippen molar-refractivity contribution in [1.82, 2.24) is 4.90 Å². The predicted molar refractivity (Wildman–Crippen MR) is 73.3 cm³/mol. The van der Waals surface area contributed by atoms with Crippen molar-refractivity contribution in [3.8, 4) is 5.75 Å². The Morgan fingerprint density at radius 3 is 2.53 bits per heavy atom. The largest absolute Gasteiger partial charge is 0.497 e. The van der Waals surface area contributed by atoms with E-state index in [1.54, 1.807) is 7.11 Å². The van der Waals surface area contributed by atoms with Crippen LogP contribution in [0.25, 0.3) is 0 Å². The van der Waals surface area contributed by atoms with Crippen molar-refractivity contribution in [2.24, 2.45) is 5.92 Å². The highest BCUT2D eigenvalue weighted by atomic mass is 16.5. The minimum Gasteiger partial charge on any atom is -0.497 e. The summed E-state index contributed by atoms with van der Waals surface area (Å²) in [6, 6.07) is 8.29. The first kappa shape index (κ1) is 13.9. The van der Waals surface area contributed by atoms with Crippen LogP contribution in [-0.2, 0) is 4.79 Å². The Morgan fingerprint density at radius 2 is 2.05 bits per heavy atom. The van der Waals surface area contributed by atoms with Gasteiger partial charge in [0.1, 0.15) is 5.75 Å². The fraction of sp³-hybridized carbons (Fsp3) is 0.533.